The number of hydrogen-bond acceptors (Lipinski definition) is 3. The first-order valence-electron chi connectivity index (χ1n) is 10.4. The van der Waals surface area contributed by atoms with Crippen LogP contribution in [0.2, 0.25) is 0 Å². The fourth-order valence-electron chi connectivity index (χ4n) is 4.25. The zero-order valence-electron chi connectivity index (χ0n) is 16.8. The summed E-state index contributed by atoms with van der Waals surface area (Å²) in [7, 11) is 0. The van der Waals surface area contributed by atoms with Gasteiger partial charge < -0.3 is 4.98 Å². The highest BCUT2D eigenvalue weighted by Crippen LogP contribution is 2.36. The Kier molecular flexibility index (Phi) is 5.70. The molecule has 1 aromatic carbocycles. The maximum atomic E-state index is 13.1. The molecule has 2 aromatic heterocycles. The van der Waals surface area contributed by atoms with Gasteiger partial charge in [0.05, 0.1) is 5.69 Å². The third kappa shape index (κ3) is 4.07. The second-order valence-electron chi connectivity index (χ2n) is 7.83. The van der Waals surface area contributed by atoms with Gasteiger partial charge in [0.1, 0.15) is 5.78 Å². The number of ketones is 2. The van der Waals surface area contributed by atoms with Crippen molar-refractivity contribution < 1.29 is 9.59 Å². The van der Waals surface area contributed by atoms with E-state index in [1.54, 1.807) is 12.4 Å². The van der Waals surface area contributed by atoms with Gasteiger partial charge in [-0.1, -0.05) is 43.7 Å². The highest BCUT2D eigenvalue weighted by molar-refractivity contribution is 6.04. The van der Waals surface area contributed by atoms with Gasteiger partial charge in [-0.15, -0.1) is 0 Å². The molecule has 3 aromatic rings. The predicted octanol–water partition coefficient (Wildman–Crippen LogP) is 5.17. The van der Waals surface area contributed by atoms with Crippen molar-refractivity contribution in [3.05, 3.63) is 77.2 Å². The molecular weight excluding hydrogens is 360 g/mol. The Hall–Kier alpha value is -3.01. The summed E-state index contributed by atoms with van der Waals surface area (Å²) in [5.41, 5.74) is 5.88. The van der Waals surface area contributed by atoms with Crippen molar-refractivity contribution in [3.8, 4) is 11.3 Å². The third-order valence-corrected chi connectivity index (χ3v) is 5.77. The Labute approximate surface area is 171 Å². The molecule has 0 saturated heterocycles. The zero-order chi connectivity index (χ0) is 20.2. The molecule has 0 amide bonds. The number of rotatable bonds is 7. The number of aromatic nitrogens is 2. The van der Waals surface area contributed by atoms with E-state index in [9.17, 15) is 9.59 Å². The van der Waals surface area contributed by atoms with Crippen molar-refractivity contribution in [2.24, 2.45) is 5.92 Å². The molecule has 4 heteroatoms. The van der Waals surface area contributed by atoms with Crippen LogP contribution < -0.4 is 0 Å². The number of carbonyl (C=O) groups excluding carboxylic acids is 2. The van der Waals surface area contributed by atoms with E-state index in [4.69, 9.17) is 0 Å². The first-order valence-corrected chi connectivity index (χ1v) is 10.4. The number of benzene rings is 1. The van der Waals surface area contributed by atoms with E-state index in [0.717, 1.165) is 40.9 Å². The van der Waals surface area contributed by atoms with Crippen molar-refractivity contribution in [2.75, 3.05) is 0 Å². The third-order valence-electron chi connectivity index (χ3n) is 5.77. The molecule has 29 heavy (non-hydrogen) atoms. The molecule has 1 unspecified atom stereocenters. The summed E-state index contributed by atoms with van der Waals surface area (Å²) in [6.45, 7) is 2.08. The van der Waals surface area contributed by atoms with Crippen LogP contribution in [-0.2, 0) is 17.6 Å². The molecular formula is C25H26N2O2. The summed E-state index contributed by atoms with van der Waals surface area (Å²) < 4.78 is 0. The van der Waals surface area contributed by atoms with Crippen LogP contribution in [0.15, 0.2) is 54.9 Å². The number of pyridine rings is 1. The lowest BCUT2D eigenvalue weighted by atomic mass is 9.81. The maximum Gasteiger partial charge on any atom is 0.165 e. The Balaban J connectivity index is 1.74. The standard InChI is InChI=1S/C25H26N2O2/c1-2-3-9-22(28)19-15-21-24(23(29)16-19)20(14-17-7-5-4-6-8-17)25(27-21)18-10-12-26-13-11-18/h4-8,10-13,19,27H,2-3,9,14-16H2,1H3. The zero-order valence-corrected chi connectivity index (χ0v) is 16.8. The maximum absolute atomic E-state index is 13.1. The molecule has 1 aliphatic rings. The second kappa shape index (κ2) is 8.56. The molecule has 1 N–H and O–H groups in total. The van der Waals surface area contributed by atoms with E-state index < -0.39 is 0 Å². The summed E-state index contributed by atoms with van der Waals surface area (Å²) in [5, 5.41) is 0. The van der Waals surface area contributed by atoms with Crippen molar-refractivity contribution in [1.82, 2.24) is 9.97 Å². The number of fused-ring (bicyclic) bond motifs is 1. The molecule has 2 heterocycles. The lowest BCUT2D eigenvalue weighted by Crippen LogP contribution is -2.26. The molecule has 1 aliphatic carbocycles. The van der Waals surface area contributed by atoms with Gasteiger partial charge in [-0.05, 0) is 36.1 Å². The lowest BCUT2D eigenvalue weighted by Gasteiger charge is -2.21. The molecule has 0 saturated carbocycles. The summed E-state index contributed by atoms with van der Waals surface area (Å²) in [6.07, 6.45) is 7.61. The summed E-state index contributed by atoms with van der Waals surface area (Å²) in [5.74, 6) is 0.106. The van der Waals surface area contributed by atoms with Gasteiger partial charge in [0, 0.05) is 54.4 Å². The minimum Gasteiger partial charge on any atom is -0.358 e. The van der Waals surface area contributed by atoms with Gasteiger partial charge >= 0.3 is 0 Å². The van der Waals surface area contributed by atoms with Crippen LogP contribution in [0.25, 0.3) is 11.3 Å². The topological polar surface area (TPSA) is 62.8 Å². The number of carbonyl (C=O) groups is 2. The SMILES string of the molecule is CCCCC(=O)C1CC(=O)c2c([nH]c(-c3ccncc3)c2Cc2ccccc2)C1. The smallest absolute Gasteiger partial charge is 0.165 e. The number of nitrogens with one attached hydrogen (secondary N) is 1. The predicted molar refractivity (Wildman–Crippen MR) is 114 cm³/mol. The molecule has 0 bridgehead atoms. The number of unbranched alkanes of at least 4 members (excludes halogenated alkanes) is 1. The molecule has 0 spiro atoms. The van der Waals surface area contributed by atoms with Crippen LogP contribution >= 0.6 is 0 Å². The van der Waals surface area contributed by atoms with Crippen molar-refractivity contribution in [1.29, 1.82) is 0 Å². The minimum absolute atomic E-state index is 0.0867. The minimum atomic E-state index is -0.199. The highest BCUT2D eigenvalue weighted by atomic mass is 16.1. The van der Waals surface area contributed by atoms with Crippen LogP contribution in [0.1, 0.15) is 59.8 Å². The highest BCUT2D eigenvalue weighted by Gasteiger charge is 2.34. The average molecular weight is 386 g/mol. The van der Waals surface area contributed by atoms with Gasteiger partial charge in [-0.3, -0.25) is 14.6 Å². The molecule has 148 valence electrons. The number of hydrogen-bond donors (Lipinski definition) is 1. The Morgan fingerprint density at radius 1 is 1.10 bits per heavy atom. The molecule has 4 nitrogen and oxygen atoms in total. The van der Waals surface area contributed by atoms with Crippen molar-refractivity contribution in [2.45, 2.75) is 45.4 Å². The van der Waals surface area contributed by atoms with Gasteiger partial charge in [0.25, 0.3) is 0 Å². The fourth-order valence-corrected chi connectivity index (χ4v) is 4.25. The Morgan fingerprint density at radius 3 is 2.59 bits per heavy atom. The van der Waals surface area contributed by atoms with Crippen molar-refractivity contribution >= 4 is 11.6 Å². The van der Waals surface area contributed by atoms with E-state index in [2.05, 4.69) is 29.0 Å². The molecule has 0 fully saturated rings. The molecule has 1 atom stereocenters. The first kappa shape index (κ1) is 19.3. The van der Waals surface area contributed by atoms with E-state index in [1.165, 1.54) is 5.56 Å². The van der Waals surface area contributed by atoms with E-state index in [-0.39, 0.29) is 17.5 Å². The van der Waals surface area contributed by atoms with Crippen LogP contribution in [0, 0.1) is 5.92 Å². The van der Waals surface area contributed by atoms with Gasteiger partial charge in [-0.25, -0.2) is 0 Å². The number of aromatic amines is 1. The summed E-state index contributed by atoms with van der Waals surface area (Å²) >= 11 is 0. The molecule has 4 rings (SSSR count). The second-order valence-corrected chi connectivity index (χ2v) is 7.83. The normalized spacial score (nSPS) is 15.9. The average Bonchev–Trinajstić information content (AvgIpc) is 3.12. The Bertz CT molecular complexity index is 1010. The lowest BCUT2D eigenvalue weighted by molar-refractivity contribution is -0.123. The summed E-state index contributed by atoms with van der Waals surface area (Å²) in [6, 6.07) is 14.1. The van der Waals surface area contributed by atoms with Crippen molar-refractivity contribution in [3.63, 3.8) is 0 Å². The fraction of sp³-hybridized carbons (Fsp3) is 0.320. The van der Waals surface area contributed by atoms with Crippen LogP contribution in [0.4, 0.5) is 0 Å². The molecule has 0 aliphatic heterocycles. The monoisotopic (exact) mass is 386 g/mol. The molecule has 0 radical (unpaired) electrons. The van der Waals surface area contributed by atoms with Gasteiger partial charge in [0.15, 0.2) is 5.78 Å². The number of H-pyrrole nitrogens is 1. The van der Waals surface area contributed by atoms with E-state index in [0.29, 0.717) is 25.7 Å². The largest absolute Gasteiger partial charge is 0.358 e. The van der Waals surface area contributed by atoms with Crippen LogP contribution in [-0.4, -0.2) is 21.5 Å². The number of nitrogens with zero attached hydrogens (tertiary/aromatic N) is 1. The van der Waals surface area contributed by atoms with E-state index in [1.807, 2.05) is 30.3 Å². The quantitative estimate of drug-likeness (QED) is 0.609. The summed E-state index contributed by atoms with van der Waals surface area (Å²) in [4.78, 5) is 33.4. The number of Topliss-reactive ketones (excluding diaryl/α,β-unsaturated/α-hetero) is 2. The Morgan fingerprint density at radius 2 is 1.86 bits per heavy atom. The van der Waals surface area contributed by atoms with Crippen LogP contribution in [0.3, 0.4) is 0 Å². The van der Waals surface area contributed by atoms with Crippen LogP contribution in [0.5, 0.6) is 0 Å². The van der Waals surface area contributed by atoms with Gasteiger partial charge in [-0.2, -0.15) is 0 Å². The van der Waals surface area contributed by atoms with Gasteiger partial charge in [0.2, 0.25) is 0 Å². The van der Waals surface area contributed by atoms with E-state index >= 15 is 0 Å². The first-order chi connectivity index (χ1) is 14.2.